The Labute approximate surface area is 87.0 Å². The zero-order valence-corrected chi connectivity index (χ0v) is 9.03. The molecule has 0 aromatic heterocycles. The molecule has 0 fully saturated rings. The van der Waals surface area contributed by atoms with Crippen LogP contribution >= 0.6 is 0 Å². The van der Waals surface area contributed by atoms with Crippen LogP contribution in [0, 0.1) is 5.92 Å². The molecule has 1 rings (SSSR count). The third-order valence-corrected chi connectivity index (χ3v) is 2.14. The van der Waals surface area contributed by atoms with Gasteiger partial charge in [-0.2, -0.15) is 0 Å². The minimum absolute atomic E-state index is 0.702. The molecule has 0 saturated carbocycles. The fraction of sp³-hybridized carbons (Fsp3) is 0.286. The normalized spacial score (nSPS) is 11.8. The highest BCUT2D eigenvalue weighted by molar-refractivity contribution is 5.73. The lowest BCUT2D eigenvalue weighted by Crippen LogP contribution is -1.85. The zero-order valence-electron chi connectivity index (χ0n) is 9.03. The minimum atomic E-state index is 0.702. The predicted molar refractivity (Wildman–Crippen MR) is 64.1 cm³/mol. The van der Waals surface area contributed by atoms with Crippen LogP contribution in [0.3, 0.4) is 0 Å². The Balaban J connectivity index is 2.82. The standard InChI is InChI=1S/C14H18/c1-4-13(11-10-12(2)3)14-8-6-5-7-9-14/h4-9,11-12H,1,10H2,2-3H3. The summed E-state index contributed by atoms with van der Waals surface area (Å²) in [5.41, 5.74) is 2.49. The molecule has 0 aliphatic heterocycles. The van der Waals surface area contributed by atoms with Crippen molar-refractivity contribution in [3.63, 3.8) is 0 Å². The van der Waals surface area contributed by atoms with Gasteiger partial charge in [-0.3, -0.25) is 0 Å². The average molecular weight is 186 g/mol. The molecule has 0 radical (unpaired) electrons. The van der Waals surface area contributed by atoms with E-state index in [0.717, 1.165) is 6.42 Å². The van der Waals surface area contributed by atoms with Crippen molar-refractivity contribution in [2.24, 2.45) is 5.92 Å². The lowest BCUT2D eigenvalue weighted by molar-refractivity contribution is 0.664. The second kappa shape index (κ2) is 5.43. The van der Waals surface area contributed by atoms with Crippen LogP contribution in [-0.2, 0) is 0 Å². The van der Waals surface area contributed by atoms with Gasteiger partial charge in [0, 0.05) is 0 Å². The maximum atomic E-state index is 3.85. The van der Waals surface area contributed by atoms with Crippen molar-refractivity contribution in [1.29, 1.82) is 0 Å². The van der Waals surface area contributed by atoms with E-state index in [-0.39, 0.29) is 0 Å². The Kier molecular flexibility index (Phi) is 4.18. The van der Waals surface area contributed by atoms with Crippen LogP contribution in [0.15, 0.2) is 49.1 Å². The summed E-state index contributed by atoms with van der Waals surface area (Å²) in [6.45, 7) is 8.30. The van der Waals surface area contributed by atoms with E-state index in [4.69, 9.17) is 0 Å². The summed E-state index contributed by atoms with van der Waals surface area (Å²) in [6, 6.07) is 10.4. The van der Waals surface area contributed by atoms with E-state index in [9.17, 15) is 0 Å². The minimum Gasteiger partial charge on any atom is -0.0985 e. The average Bonchev–Trinajstić information content (AvgIpc) is 2.20. The third-order valence-electron chi connectivity index (χ3n) is 2.14. The van der Waals surface area contributed by atoms with Gasteiger partial charge in [0.15, 0.2) is 0 Å². The van der Waals surface area contributed by atoms with E-state index in [2.05, 4.69) is 50.8 Å². The highest BCUT2D eigenvalue weighted by Gasteiger charge is 1.96. The summed E-state index contributed by atoms with van der Waals surface area (Å²) in [4.78, 5) is 0. The molecule has 0 atom stereocenters. The molecule has 0 saturated heterocycles. The molecule has 14 heavy (non-hydrogen) atoms. The third kappa shape index (κ3) is 3.21. The van der Waals surface area contributed by atoms with Crippen molar-refractivity contribution in [3.05, 3.63) is 54.6 Å². The second-order valence-electron chi connectivity index (χ2n) is 3.86. The first-order valence-corrected chi connectivity index (χ1v) is 5.12. The maximum absolute atomic E-state index is 3.85. The van der Waals surface area contributed by atoms with Gasteiger partial charge in [0.05, 0.1) is 0 Å². The Hall–Kier alpha value is -1.30. The molecule has 0 heterocycles. The lowest BCUT2D eigenvalue weighted by atomic mass is 10.0. The molecule has 0 N–H and O–H groups in total. The van der Waals surface area contributed by atoms with Gasteiger partial charge in [-0.15, -0.1) is 0 Å². The molecule has 0 heteroatoms. The molecule has 0 unspecified atom stereocenters. The van der Waals surface area contributed by atoms with E-state index in [1.165, 1.54) is 11.1 Å². The van der Waals surface area contributed by atoms with E-state index in [0.29, 0.717) is 5.92 Å². The number of hydrogen-bond acceptors (Lipinski definition) is 0. The van der Waals surface area contributed by atoms with Crippen LogP contribution in [0.25, 0.3) is 5.57 Å². The van der Waals surface area contributed by atoms with E-state index >= 15 is 0 Å². The predicted octanol–water partition coefficient (Wildman–Crippen LogP) is 4.30. The molecular formula is C14H18. The Morgan fingerprint density at radius 3 is 2.43 bits per heavy atom. The fourth-order valence-corrected chi connectivity index (χ4v) is 1.31. The first-order valence-electron chi connectivity index (χ1n) is 5.12. The molecule has 0 bridgehead atoms. The van der Waals surface area contributed by atoms with Gasteiger partial charge in [0.1, 0.15) is 0 Å². The van der Waals surface area contributed by atoms with Crippen molar-refractivity contribution in [1.82, 2.24) is 0 Å². The first-order chi connectivity index (χ1) is 6.74. The Morgan fingerprint density at radius 2 is 1.93 bits per heavy atom. The second-order valence-corrected chi connectivity index (χ2v) is 3.86. The fourth-order valence-electron chi connectivity index (χ4n) is 1.31. The SMILES string of the molecule is C=CC(=CCC(C)C)c1ccccc1. The van der Waals surface area contributed by atoms with Gasteiger partial charge in [0.25, 0.3) is 0 Å². The van der Waals surface area contributed by atoms with Crippen molar-refractivity contribution < 1.29 is 0 Å². The van der Waals surface area contributed by atoms with Crippen LogP contribution in [0.1, 0.15) is 25.8 Å². The number of hydrogen-bond donors (Lipinski definition) is 0. The van der Waals surface area contributed by atoms with Crippen LogP contribution < -0.4 is 0 Å². The van der Waals surface area contributed by atoms with Crippen molar-refractivity contribution in [3.8, 4) is 0 Å². The molecule has 74 valence electrons. The summed E-state index contributed by atoms with van der Waals surface area (Å²) in [6.07, 6.45) is 5.29. The number of allylic oxidation sites excluding steroid dienone is 3. The van der Waals surface area contributed by atoms with Crippen LogP contribution in [0.4, 0.5) is 0 Å². The number of benzene rings is 1. The highest BCUT2D eigenvalue weighted by Crippen LogP contribution is 2.17. The van der Waals surface area contributed by atoms with Crippen LogP contribution in [0.2, 0.25) is 0 Å². The topological polar surface area (TPSA) is 0 Å². The first kappa shape index (κ1) is 10.8. The molecule has 1 aromatic rings. The van der Waals surface area contributed by atoms with Gasteiger partial charge in [-0.25, -0.2) is 0 Å². The monoisotopic (exact) mass is 186 g/mol. The molecule has 0 amide bonds. The maximum Gasteiger partial charge on any atom is -0.0187 e. The summed E-state index contributed by atoms with van der Waals surface area (Å²) in [5, 5.41) is 0. The van der Waals surface area contributed by atoms with Gasteiger partial charge in [0.2, 0.25) is 0 Å². The van der Waals surface area contributed by atoms with E-state index < -0.39 is 0 Å². The summed E-state index contributed by atoms with van der Waals surface area (Å²) in [7, 11) is 0. The molecule has 0 nitrogen and oxygen atoms in total. The summed E-state index contributed by atoms with van der Waals surface area (Å²) >= 11 is 0. The molecular weight excluding hydrogens is 168 g/mol. The van der Waals surface area contributed by atoms with Gasteiger partial charge in [-0.05, 0) is 23.5 Å². The van der Waals surface area contributed by atoms with Gasteiger partial charge < -0.3 is 0 Å². The molecule has 0 spiro atoms. The largest absolute Gasteiger partial charge is 0.0985 e. The van der Waals surface area contributed by atoms with Crippen molar-refractivity contribution in [2.45, 2.75) is 20.3 Å². The van der Waals surface area contributed by atoms with E-state index in [1.54, 1.807) is 0 Å². The van der Waals surface area contributed by atoms with Crippen LogP contribution in [0.5, 0.6) is 0 Å². The summed E-state index contributed by atoms with van der Waals surface area (Å²) in [5.74, 6) is 0.702. The lowest BCUT2D eigenvalue weighted by Gasteiger charge is -2.04. The highest BCUT2D eigenvalue weighted by atomic mass is 14.0. The number of rotatable bonds is 4. The summed E-state index contributed by atoms with van der Waals surface area (Å²) < 4.78 is 0. The molecule has 0 aliphatic rings. The molecule has 1 aromatic carbocycles. The zero-order chi connectivity index (χ0) is 10.4. The van der Waals surface area contributed by atoms with Gasteiger partial charge >= 0.3 is 0 Å². The molecule has 0 aliphatic carbocycles. The van der Waals surface area contributed by atoms with E-state index in [1.807, 2.05) is 12.1 Å². The van der Waals surface area contributed by atoms with Crippen molar-refractivity contribution in [2.75, 3.05) is 0 Å². The van der Waals surface area contributed by atoms with Crippen LogP contribution in [-0.4, -0.2) is 0 Å². The Morgan fingerprint density at radius 1 is 1.29 bits per heavy atom. The van der Waals surface area contributed by atoms with Crippen molar-refractivity contribution >= 4 is 5.57 Å². The van der Waals surface area contributed by atoms with Gasteiger partial charge in [-0.1, -0.05) is 62.9 Å². The Bertz CT molecular complexity index is 304. The quantitative estimate of drug-likeness (QED) is 0.615. The smallest absolute Gasteiger partial charge is 0.0187 e.